The number of hydrogen-bond acceptors (Lipinski definition) is 2. The van der Waals surface area contributed by atoms with E-state index in [2.05, 4.69) is 10.2 Å². The lowest BCUT2D eigenvalue weighted by atomic mass is 9.79. The molecule has 2 aromatic rings. The summed E-state index contributed by atoms with van der Waals surface area (Å²) in [6.07, 6.45) is -1.73. The van der Waals surface area contributed by atoms with Gasteiger partial charge in [-0.25, -0.2) is 4.39 Å². The predicted molar refractivity (Wildman–Crippen MR) is 111 cm³/mol. The summed E-state index contributed by atoms with van der Waals surface area (Å²) in [5.41, 5.74) is -0.865. The quantitative estimate of drug-likeness (QED) is 0.542. The molecule has 1 amide bonds. The Labute approximate surface area is 187 Å². The summed E-state index contributed by atoms with van der Waals surface area (Å²) in [4.78, 5) is 15.4. The van der Waals surface area contributed by atoms with Crippen molar-refractivity contribution in [1.82, 2.24) is 10.2 Å². The molecule has 2 aromatic carbocycles. The van der Waals surface area contributed by atoms with Crippen molar-refractivity contribution in [2.24, 2.45) is 5.92 Å². The zero-order valence-corrected chi connectivity index (χ0v) is 17.9. The number of fused-ring (bicyclic) bond motifs is 3. The average Bonchev–Trinajstić information content (AvgIpc) is 2.72. The Bertz CT molecular complexity index is 973. The van der Waals surface area contributed by atoms with Crippen LogP contribution in [0.4, 0.5) is 17.6 Å². The monoisotopic (exact) mass is 474 g/mol. The molecule has 31 heavy (non-hydrogen) atoms. The molecule has 3 nitrogen and oxygen atoms in total. The minimum Gasteiger partial charge on any atom is -0.344 e. The van der Waals surface area contributed by atoms with Crippen molar-refractivity contribution < 1.29 is 22.4 Å². The Hall–Kier alpha value is -1.83. The molecular weight excluding hydrogens is 455 g/mol. The molecule has 3 fully saturated rings. The molecule has 0 radical (unpaired) electrons. The summed E-state index contributed by atoms with van der Waals surface area (Å²) in [5.74, 6) is -0.683. The summed E-state index contributed by atoms with van der Waals surface area (Å²) >= 11 is 12.0. The van der Waals surface area contributed by atoms with Crippen LogP contribution in [0.25, 0.3) is 0 Å². The minimum absolute atomic E-state index is 0.0507. The van der Waals surface area contributed by atoms with Crippen molar-refractivity contribution in [1.29, 1.82) is 0 Å². The van der Waals surface area contributed by atoms with Gasteiger partial charge in [0.2, 0.25) is 0 Å². The second kappa shape index (κ2) is 8.60. The molecule has 3 saturated heterocycles. The number of rotatable bonds is 4. The third-order valence-electron chi connectivity index (χ3n) is 6.22. The van der Waals surface area contributed by atoms with Crippen molar-refractivity contribution >= 4 is 29.1 Å². The van der Waals surface area contributed by atoms with Gasteiger partial charge in [-0.15, -0.1) is 0 Å². The van der Waals surface area contributed by atoms with E-state index in [1.165, 1.54) is 12.1 Å². The Morgan fingerprint density at radius 2 is 1.71 bits per heavy atom. The molecule has 0 aliphatic carbocycles. The number of nitrogens with zero attached hydrogens (tertiary/aromatic N) is 1. The van der Waals surface area contributed by atoms with Crippen LogP contribution in [-0.2, 0) is 6.18 Å². The summed E-state index contributed by atoms with van der Waals surface area (Å²) in [5, 5.41) is 1.94. The van der Waals surface area contributed by atoms with Crippen LogP contribution in [0.5, 0.6) is 0 Å². The third kappa shape index (κ3) is 4.54. The molecule has 2 bridgehead atoms. The van der Waals surface area contributed by atoms with Crippen molar-refractivity contribution in [3.8, 4) is 0 Å². The molecule has 0 spiro atoms. The van der Waals surface area contributed by atoms with E-state index in [-0.39, 0.29) is 11.1 Å². The maximum absolute atomic E-state index is 13.5. The van der Waals surface area contributed by atoms with Crippen LogP contribution in [0.2, 0.25) is 10.0 Å². The van der Waals surface area contributed by atoms with Gasteiger partial charge in [-0.1, -0.05) is 35.3 Å². The van der Waals surface area contributed by atoms with Crippen LogP contribution in [0.15, 0.2) is 36.4 Å². The zero-order chi connectivity index (χ0) is 22.3. The Kier molecular flexibility index (Phi) is 6.21. The largest absolute Gasteiger partial charge is 0.417 e. The normalized spacial score (nSPS) is 24.1. The van der Waals surface area contributed by atoms with Gasteiger partial charge >= 0.3 is 6.18 Å². The zero-order valence-electron chi connectivity index (χ0n) is 16.4. The Morgan fingerprint density at radius 3 is 2.26 bits per heavy atom. The lowest BCUT2D eigenvalue weighted by Crippen LogP contribution is -2.54. The molecule has 5 rings (SSSR count). The number of hydrogen-bond donors (Lipinski definition) is 1. The number of alkyl halides is 3. The van der Waals surface area contributed by atoms with Gasteiger partial charge in [0.1, 0.15) is 5.82 Å². The van der Waals surface area contributed by atoms with Crippen LogP contribution < -0.4 is 5.32 Å². The molecule has 1 N–H and O–H groups in total. The van der Waals surface area contributed by atoms with E-state index < -0.39 is 40.1 Å². The lowest BCUT2D eigenvalue weighted by Gasteiger charge is -2.48. The highest BCUT2D eigenvalue weighted by molar-refractivity contribution is 6.40. The fourth-order valence-electron chi connectivity index (χ4n) is 4.62. The standard InChI is InChI=1S/C22H20Cl2F4N2O/c23-16-6-5-15(22(26,27)28)19(24)18(16)21(31)29-20(13-1-3-14(25)4-2-13)17-11-12-7-9-30(17)10-8-12/h1-6,12,17,20H,7-11H2,(H,29,31)/t17?,20-/m0/s1. The van der Waals surface area contributed by atoms with E-state index in [1.54, 1.807) is 12.1 Å². The molecule has 0 aromatic heterocycles. The Balaban J connectivity index is 1.69. The van der Waals surface area contributed by atoms with Crippen LogP contribution in [0.3, 0.4) is 0 Å². The SMILES string of the molecule is O=C(N[C@@H](c1ccc(F)cc1)C1CC2CCN1CC2)c1c(Cl)ccc(C(F)(F)F)c1Cl. The first kappa shape index (κ1) is 22.4. The fraction of sp³-hybridized carbons (Fsp3) is 0.409. The van der Waals surface area contributed by atoms with Crippen LogP contribution in [0.1, 0.15) is 46.8 Å². The molecule has 166 valence electrons. The number of amides is 1. The predicted octanol–water partition coefficient (Wildman–Crippen LogP) is 6.11. The van der Waals surface area contributed by atoms with Gasteiger partial charge in [0.15, 0.2) is 0 Å². The van der Waals surface area contributed by atoms with Crippen molar-refractivity contribution in [3.63, 3.8) is 0 Å². The van der Waals surface area contributed by atoms with Gasteiger partial charge < -0.3 is 5.32 Å². The highest BCUT2D eigenvalue weighted by Gasteiger charge is 2.40. The fourth-order valence-corrected chi connectivity index (χ4v) is 5.27. The summed E-state index contributed by atoms with van der Waals surface area (Å²) < 4.78 is 53.3. The highest BCUT2D eigenvalue weighted by Crippen LogP contribution is 2.40. The summed E-state index contributed by atoms with van der Waals surface area (Å²) in [6, 6.07) is 6.94. The smallest absolute Gasteiger partial charge is 0.344 e. The first-order valence-corrected chi connectivity index (χ1v) is 10.8. The molecule has 0 saturated carbocycles. The van der Waals surface area contributed by atoms with Crippen molar-refractivity contribution in [2.45, 2.75) is 37.5 Å². The molecule has 3 aliphatic heterocycles. The molecule has 9 heteroatoms. The molecule has 2 atom stereocenters. The average molecular weight is 475 g/mol. The molecule has 3 aliphatic rings. The Morgan fingerprint density at radius 1 is 1.06 bits per heavy atom. The van der Waals surface area contributed by atoms with E-state index in [9.17, 15) is 22.4 Å². The van der Waals surface area contributed by atoms with Crippen molar-refractivity contribution in [2.75, 3.05) is 13.1 Å². The number of benzene rings is 2. The van der Waals surface area contributed by atoms with E-state index in [0.717, 1.165) is 44.5 Å². The number of carbonyl (C=O) groups excluding carboxylic acids is 1. The first-order valence-electron chi connectivity index (χ1n) is 10.0. The highest BCUT2D eigenvalue weighted by atomic mass is 35.5. The number of carbonyl (C=O) groups is 1. The van der Waals surface area contributed by atoms with Crippen LogP contribution >= 0.6 is 23.2 Å². The lowest BCUT2D eigenvalue weighted by molar-refractivity contribution is -0.137. The van der Waals surface area contributed by atoms with E-state index in [1.807, 2.05) is 0 Å². The maximum Gasteiger partial charge on any atom is 0.417 e. The second-order valence-corrected chi connectivity index (χ2v) is 8.85. The molecule has 3 heterocycles. The van der Waals surface area contributed by atoms with Gasteiger partial charge in [-0.3, -0.25) is 9.69 Å². The van der Waals surface area contributed by atoms with Gasteiger partial charge in [0.05, 0.1) is 27.2 Å². The van der Waals surface area contributed by atoms with Crippen molar-refractivity contribution in [3.05, 3.63) is 69.0 Å². The topological polar surface area (TPSA) is 32.3 Å². The minimum atomic E-state index is -4.72. The molecular formula is C22H20Cl2F4N2O. The van der Waals surface area contributed by atoms with Gasteiger partial charge in [-0.2, -0.15) is 13.2 Å². The summed E-state index contributed by atoms with van der Waals surface area (Å²) in [6.45, 7) is 1.77. The van der Waals surface area contributed by atoms with Gasteiger partial charge in [0.25, 0.3) is 5.91 Å². The second-order valence-electron chi connectivity index (χ2n) is 8.07. The van der Waals surface area contributed by atoms with Gasteiger partial charge in [-0.05, 0) is 68.1 Å². The van der Waals surface area contributed by atoms with E-state index in [4.69, 9.17) is 23.2 Å². The van der Waals surface area contributed by atoms with Gasteiger partial charge in [0, 0.05) is 6.04 Å². The van der Waals surface area contributed by atoms with Crippen LogP contribution in [-0.4, -0.2) is 29.9 Å². The molecule has 1 unspecified atom stereocenters. The first-order chi connectivity index (χ1) is 14.6. The number of halogens is 6. The van der Waals surface area contributed by atoms with Crippen LogP contribution in [0, 0.1) is 11.7 Å². The summed E-state index contributed by atoms with van der Waals surface area (Å²) in [7, 11) is 0. The number of piperidine rings is 3. The number of nitrogens with one attached hydrogen (secondary N) is 1. The maximum atomic E-state index is 13.5. The third-order valence-corrected chi connectivity index (χ3v) is 6.92. The van der Waals surface area contributed by atoms with E-state index >= 15 is 0 Å². The van der Waals surface area contributed by atoms with E-state index in [0.29, 0.717) is 11.5 Å².